The number of fused-ring (bicyclic) bond motifs is 1. The average molecular weight is 213 g/mol. The van der Waals surface area contributed by atoms with Crippen LogP contribution in [0.1, 0.15) is 31.5 Å². The quantitative estimate of drug-likeness (QED) is 0.707. The summed E-state index contributed by atoms with van der Waals surface area (Å²) in [7, 11) is 0. The molecule has 3 nitrogen and oxygen atoms in total. The normalized spacial score (nSPS) is 14.6. The Kier molecular flexibility index (Phi) is 2.59. The van der Waals surface area contributed by atoms with Crippen LogP contribution in [-0.4, -0.2) is 16.1 Å². The van der Waals surface area contributed by atoms with E-state index in [1.165, 1.54) is 0 Å². The topological polar surface area (TPSA) is 35.0 Å². The van der Waals surface area contributed by atoms with Gasteiger partial charge in [-0.1, -0.05) is 0 Å². The third-order valence-corrected chi connectivity index (χ3v) is 2.38. The van der Waals surface area contributed by atoms with Gasteiger partial charge in [-0.05, 0) is 44.7 Å². The van der Waals surface area contributed by atoms with Crippen LogP contribution in [0.15, 0.2) is 0 Å². The van der Waals surface area contributed by atoms with Crippen molar-refractivity contribution in [2.75, 3.05) is 0 Å². The minimum atomic E-state index is 0.130. The van der Waals surface area contributed by atoms with Crippen molar-refractivity contribution in [3.63, 3.8) is 0 Å². The molecule has 0 atom stereocenters. The Labute approximate surface area is 88.5 Å². The van der Waals surface area contributed by atoms with Crippen molar-refractivity contribution in [1.29, 1.82) is 0 Å². The summed E-state index contributed by atoms with van der Waals surface area (Å²) in [6.07, 6.45) is 3.25. The number of ether oxygens (including phenoxy) is 1. The molecule has 2 rings (SSSR count). The number of aromatic nitrogens is 2. The molecule has 0 N–H and O–H groups in total. The van der Waals surface area contributed by atoms with Gasteiger partial charge in [-0.3, -0.25) is 0 Å². The van der Waals surface area contributed by atoms with Crippen LogP contribution in [0, 0.1) is 0 Å². The van der Waals surface area contributed by atoms with Gasteiger partial charge in [-0.25, -0.2) is 4.98 Å². The molecule has 1 heterocycles. The van der Waals surface area contributed by atoms with E-state index in [-0.39, 0.29) is 6.10 Å². The number of nitrogens with zero attached hydrogens (tertiary/aromatic N) is 2. The van der Waals surface area contributed by atoms with Gasteiger partial charge in [0, 0.05) is 5.56 Å². The molecule has 0 amide bonds. The van der Waals surface area contributed by atoms with Crippen LogP contribution in [0.2, 0.25) is 5.28 Å². The van der Waals surface area contributed by atoms with Gasteiger partial charge in [0.15, 0.2) is 0 Å². The summed E-state index contributed by atoms with van der Waals surface area (Å²) in [4.78, 5) is 8.31. The van der Waals surface area contributed by atoms with Crippen molar-refractivity contribution in [2.45, 2.75) is 39.2 Å². The number of hydrogen-bond acceptors (Lipinski definition) is 3. The van der Waals surface area contributed by atoms with Crippen molar-refractivity contribution in [3.8, 4) is 5.88 Å². The Balaban J connectivity index is 2.38. The summed E-state index contributed by atoms with van der Waals surface area (Å²) in [5.74, 6) is 0.674. The first-order valence-electron chi connectivity index (χ1n) is 4.89. The zero-order chi connectivity index (χ0) is 10.1. The fourth-order valence-corrected chi connectivity index (χ4v) is 1.87. The highest BCUT2D eigenvalue weighted by molar-refractivity contribution is 6.28. The molecule has 1 aliphatic rings. The lowest BCUT2D eigenvalue weighted by atomic mass is 10.2. The first kappa shape index (κ1) is 9.71. The van der Waals surface area contributed by atoms with Crippen molar-refractivity contribution < 1.29 is 4.74 Å². The van der Waals surface area contributed by atoms with Gasteiger partial charge < -0.3 is 4.74 Å². The molecule has 1 aromatic rings. The molecule has 4 heteroatoms. The Hall–Kier alpha value is -0.830. The number of halogens is 1. The van der Waals surface area contributed by atoms with E-state index in [2.05, 4.69) is 9.97 Å². The minimum Gasteiger partial charge on any atom is -0.475 e. The van der Waals surface area contributed by atoms with Crippen LogP contribution in [-0.2, 0) is 12.8 Å². The zero-order valence-electron chi connectivity index (χ0n) is 8.38. The van der Waals surface area contributed by atoms with Crippen molar-refractivity contribution in [2.24, 2.45) is 0 Å². The van der Waals surface area contributed by atoms with Gasteiger partial charge in [0.05, 0.1) is 11.8 Å². The van der Waals surface area contributed by atoms with E-state index in [0.717, 1.165) is 30.5 Å². The minimum absolute atomic E-state index is 0.130. The van der Waals surface area contributed by atoms with Crippen LogP contribution in [0.25, 0.3) is 0 Å². The van der Waals surface area contributed by atoms with Crippen molar-refractivity contribution in [3.05, 3.63) is 16.5 Å². The van der Waals surface area contributed by atoms with E-state index in [1.807, 2.05) is 13.8 Å². The van der Waals surface area contributed by atoms with Gasteiger partial charge in [0.1, 0.15) is 0 Å². The van der Waals surface area contributed by atoms with E-state index in [0.29, 0.717) is 11.2 Å². The molecule has 0 unspecified atom stereocenters. The molecule has 0 saturated carbocycles. The standard InChI is InChI=1S/C10H13ClN2O/c1-6(2)14-9-7-4-3-5-8(7)12-10(11)13-9/h6H,3-5H2,1-2H3. The summed E-state index contributed by atoms with van der Waals surface area (Å²) in [5, 5.41) is 0.293. The highest BCUT2D eigenvalue weighted by Gasteiger charge is 2.20. The molecule has 0 aliphatic heterocycles. The third-order valence-electron chi connectivity index (χ3n) is 2.22. The molecule has 0 aromatic carbocycles. The van der Waals surface area contributed by atoms with Crippen LogP contribution < -0.4 is 4.74 Å². The lowest BCUT2D eigenvalue weighted by molar-refractivity contribution is 0.230. The smallest absolute Gasteiger partial charge is 0.225 e. The number of rotatable bonds is 2. The SMILES string of the molecule is CC(C)Oc1nc(Cl)nc2c1CCC2. The lowest BCUT2D eigenvalue weighted by Crippen LogP contribution is -2.10. The fraction of sp³-hybridized carbons (Fsp3) is 0.600. The van der Waals surface area contributed by atoms with E-state index < -0.39 is 0 Å². The van der Waals surface area contributed by atoms with Gasteiger partial charge in [-0.2, -0.15) is 4.98 Å². The molecular formula is C10H13ClN2O. The molecule has 0 fully saturated rings. The first-order valence-corrected chi connectivity index (χ1v) is 5.26. The van der Waals surface area contributed by atoms with Crippen LogP contribution in [0.4, 0.5) is 0 Å². The third kappa shape index (κ3) is 1.82. The van der Waals surface area contributed by atoms with Gasteiger partial charge in [0.25, 0.3) is 0 Å². The Morgan fingerprint density at radius 3 is 2.79 bits per heavy atom. The van der Waals surface area contributed by atoms with Gasteiger partial charge in [0.2, 0.25) is 11.2 Å². The molecule has 1 aromatic heterocycles. The Bertz CT molecular complexity index is 352. The van der Waals surface area contributed by atoms with Gasteiger partial charge >= 0.3 is 0 Å². The zero-order valence-corrected chi connectivity index (χ0v) is 9.14. The Morgan fingerprint density at radius 1 is 1.29 bits per heavy atom. The van der Waals surface area contributed by atoms with Crippen LogP contribution in [0.5, 0.6) is 5.88 Å². The molecule has 14 heavy (non-hydrogen) atoms. The van der Waals surface area contributed by atoms with Crippen LogP contribution in [0.3, 0.4) is 0 Å². The van der Waals surface area contributed by atoms with E-state index in [4.69, 9.17) is 16.3 Å². The molecule has 0 radical (unpaired) electrons. The highest BCUT2D eigenvalue weighted by atomic mass is 35.5. The summed E-state index contributed by atoms with van der Waals surface area (Å²) in [5.41, 5.74) is 2.20. The van der Waals surface area contributed by atoms with E-state index in [9.17, 15) is 0 Å². The van der Waals surface area contributed by atoms with Crippen molar-refractivity contribution >= 4 is 11.6 Å². The lowest BCUT2D eigenvalue weighted by Gasteiger charge is -2.12. The average Bonchev–Trinajstić information content (AvgIpc) is 2.50. The Morgan fingerprint density at radius 2 is 2.07 bits per heavy atom. The predicted octanol–water partition coefficient (Wildman–Crippen LogP) is 2.41. The van der Waals surface area contributed by atoms with E-state index in [1.54, 1.807) is 0 Å². The summed E-state index contributed by atoms with van der Waals surface area (Å²) in [6.45, 7) is 3.97. The molecular weight excluding hydrogens is 200 g/mol. The van der Waals surface area contributed by atoms with E-state index >= 15 is 0 Å². The second-order valence-electron chi connectivity index (χ2n) is 3.74. The maximum Gasteiger partial charge on any atom is 0.225 e. The number of hydrogen-bond donors (Lipinski definition) is 0. The molecule has 0 saturated heterocycles. The molecule has 0 spiro atoms. The maximum absolute atomic E-state index is 5.81. The van der Waals surface area contributed by atoms with Crippen LogP contribution >= 0.6 is 11.6 Å². The summed E-state index contributed by atoms with van der Waals surface area (Å²) in [6, 6.07) is 0. The second-order valence-corrected chi connectivity index (χ2v) is 4.08. The van der Waals surface area contributed by atoms with Crippen molar-refractivity contribution in [1.82, 2.24) is 9.97 Å². The monoisotopic (exact) mass is 212 g/mol. The number of aryl methyl sites for hydroxylation is 1. The summed E-state index contributed by atoms with van der Waals surface area (Å²) < 4.78 is 5.60. The molecule has 1 aliphatic carbocycles. The fourth-order valence-electron chi connectivity index (χ4n) is 1.69. The predicted molar refractivity (Wildman–Crippen MR) is 54.8 cm³/mol. The van der Waals surface area contributed by atoms with Gasteiger partial charge in [-0.15, -0.1) is 0 Å². The second kappa shape index (κ2) is 3.73. The largest absolute Gasteiger partial charge is 0.475 e. The summed E-state index contributed by atoms with van der Waals surface area (Å²) >= 11 is 5.81. The maximum atomic E-state index is 5.81. The highest BCUT2D eigenvalue weighted by Crippen LogP contribution is 2.29. The molecule has 76 valence electrons. The molecule has 0 bridgehead atoms. The first-order chi connectivity index (χ1) is 6.66.